The Labute approximate surface area is 173 Å². The fourth-order valence-corrected chi connectivity index (χ4v) is 3.90. The van der Waals surface area contributed by atoms with Gasteiger partial charge < -0.3 is 16.0 Å². The summed E-state index contributed by atoms with van der Waals surface area (Å²) in [6.45, 7) is 4.25. The molecule has 0 amide bonds. The smallest absolute Gasteiger partial charge is 0.148 e. The third-order valence-corrected chi connectivity index (χ3v) is 5.34. The highest BCUT2D eigenvalue weighted by molar-refractivity contribution is 7.09. The maximum absolute atomic E-state index is 6.51. The summed E-state index contributed by atoms with van der Waals surface area (Å²) < 4.78 is 0. The standard InChI is InChI=1S/C17H18ClN5S.2ClH/c18-13-8-12-7-11(15-10-24-16(9-19)21-15)1-2-14(12)22-17(13)23-5-3-20-4-6-23;;/h1-2,7-8,10,20H,3-6,9,19H2;2*1H. The van der Waals surface area contributed by atoms with Gasteiger partial charge in [-0.2, -0.15) is 0 Å². The van der Waals surface area contributed by atoms with Crippen molar-refractivity contribution in [2.24, 2.45) is 5.73 Å². The van der Waals surface area contributed by atoms with Crippen LogP contribution in [0.15, 0.2) is 29.6 Å². The van der Waals surface area contributed by atoms with Crippen LogP contribution in [0.25, 0.3) is 22.2 Å². The summed E-state index contributed by atoms with van der Waals surface area (Å²) in [6.07, 6.45) is 0. The topological polar surface area (TPSA) is 67.1 Å². The fourth-order valence-electron chi connectivity index (χ4n) is 2.94. The number of benzene rings is 1. The normalized spacial score (nSPS) is 14.0. The molecule has 4 rings (SSSR count). The number of nitrogens with one attached hydrogen (secondary N) is 1. The molecular weight excluding hydrogens is 413 g/mol. The molecule has 3 aromatic rings. The molecule has 0 saturated carbocycles. The summed E-state index contributed by atoms with van der Waals surface area (Å²) in [4.78, 5) is 11.6. The van der Waals surface area contributed by atoms with E-state index >= 15 is 0 Å². The Balaban J connectivity index is 0.00000121. The molecule has 0 unspecified atom stereocenters. The van der Waals surface area contributed by atoms with E-state index < -0.39 is 0 Å². The van der Waals surface area contributed by atoms with Crippen molar-refractivity contribution in [3.05, 3.63) is 39.7 Å². The molecule has 1 aromatic carbocycles. The number of halogens is 3. The molecule has 1 saturated heterocycles. The number of hydrogen-bond donors (Lipinski definition) is 2. The van der Waals surface area contributed by atoms with Crippen LogP contribution in [-0.4, -0.2) is 36.1 Å². The van der Waals surface area contributed by atoms with Crippen LogP contribution in [0.3, 0.4) is 0 Å². The first kappa shape index (κ1) is 21.2. The summed E-state index contributed by atoms with van der Waals surface area (Å²) in [6, 6.07) is 8.18. The average molecular weight is 433 g/mol. The van der Waals surface area contributed by atoms with E-state index in [0.717, 1.165) is 59.2 Å². The van der Waals surface area contributed by atoms with Gasteiger partial charge in [-0.3, -0.25) is 0 Å². The number of hydrogen-bond acceptors (Lipinski definition) is 6. The monoisotopic (exact) mass is 431 g/mol. The van der Waals surface area contributed by atoms with E-state index in [1.54, 1.807) is 11.3 Å². The molecule has 0 aliphatic carbocycles. The van der Waals surface area contributed by atoms with Crippen molar-refractivity contribution in [2.45, 2.75) is 6.54 Å². The number of piperazine rings is 1. The Morgan fingerprint density at radius 2 is 1.92 bits per heavy atom. The number of rotatable bonds is 3. The summed E-state index contributed by atoms with van der Waals surface area (Å²) in [5, 5.41) is 8.04. The molecule has 5 nitrogen and oxygen atoms in total. The molecule has 9 heteroatoms. The highest BCUT2D eigenvalue weighted by Crippen LogP contribution is 2.31. The molecule has 3 N–H and O–H groups in total. The van der Waals surface area contributed by atoms with Gasteiger partial charge in [-0.15, -0.1) is 36.2 Å². The Morgan fingerprint density at radius 1 is 1.15 bits per heavy atom. The second kappa shape index (κ2) is 9.17. The fraction of sp³-hybridized carbons (Fsp3) is 0.294. The van der Waals surface area contributed by atoms with E-state index in [-0.39, 0.29) is 24.8 Å². The Kier molecular flexibility index (Phi) is 7.46. The molecular formula is C17H20Cl3N5S. The quantitative estimate of drug-likeness (QED) is 0.660. The molecule has 1 aliphatic rings. The predicted octanol–water partition coefficient (Wildman–Crippen LogP) is 3.72. The van der Waals surface area contributed by atoms with Gasteiger partial charge in [0.2, 0.25) is 0 Å². The molecule has 1 aliphatic heterocycles. The van der Waals surface area contributed by atoms with Crippen LogP contribution >= 0.6 is 47.8 Å². The van der Waals surface area contributed by atoms with Crippen molar-refractivity contribution < 1.29 is 0 Å². The first-order valence-corrected chi connectivity index (χ1v) is 9.21. The lowest BCUT2D eigenvalue weighted by Crippen LogP contribution is -2.44. The number of anilines is 1. The number of thiazole rings is 1. The van der Waals surface area contributed by atoms with Gasteiger partial charge >= 0.3 is 0 Å². The van der Waals surface area contributed by atoms with Crippen molar-refractivity contribution in [3.63, 3.8) is 0 Å². The zero-order valence-corrected chi connectivity index (χ0v) is 17.1. The number of fused-ring (bicyclic) bond motifs is 1. The maximum Gasteiger partial charge on any atom is 0.148 e. The van der Waals surface area contributed by atoms with E-state index in [1.165, 1.54) is 0 Å². The third kappa shape index (κ3) is 4.22. The molecule has 140 valence electrons. The van der Waals surface area contributed by atoms with E-state index in [9.17, 15) is 0 Å². The number of pyridine rings is 1. The van der Waals surface area contributed by atoms with Gasteiger partial charge in [-0.1, -0.05) is 17.7 Å². The van der Waals surface area contributed by atoms with Crippen LogP contribution in [-0.2, 0) is 6.54 Å². The van der Waals surface area contributed by atoms with Crippen LogP contribution in [0.4, 0.5) is 5.82 Å². The second-order valence-electron chi connectivity index (χ2n) is 5.77. The van der Waals surface area contributed by atoms with Crippen molar-refractivity contribution >= 4 is 64.5 Å². The van der Waals surface area contributed by atoms with E-state index in [2.05, 4.69) is 27.3 Å². The van der Waals surface area contributed by atoms with Crippen molar-refractivity contribution in [1.82, 2.24) is 15.3 Å². The summed E-state index contributed by atoms with van der Waals surface area (Å²) in [7, 11) is 0. The van der Waals surface area contributed by atoms with E-state index in [0.29, 0.717) is 11.6 Å². The lowest BCUT2D eigenvalue weighted by Gasteiger charge is -2.29. The SMILES string of the molecule is Cl.Cl.NCc1nc(-c2ccc3nc(N4CCNCC4)c(Cl)cc3c2)cs1. The lowest BCUT2D eigenvalue weighted by molar-refractivity contribution is 0.585. The maximum atomic E-state index is 6.51. The minimum absolute atomic E-state index is 0. The Hall–Kier alpha value is -1.15. The summed E-state index contributed by atoms with van der Waals surface area (Å²) >= 11 is 8.09. The lowest BCUT2D eigenvalue weighted by atomic mass is 10.1. The van der Waals surface area contributed by atoms with Crippen molar-refractivity contribution in [1.29, 1.82) is 0 Å². The molecule has 1 fully saturated rings. The average Bonchev–Trinajstić information content (AvgIpc) is 3.10. The number of nitrogens with zero attached hydrogens (tertiary/aromatic N) is 3. The molecule has 0 bridgehead atoms. The van der Waals surface area contributed by atoms with Crippen LogP contribution < -0.4 is 16.0 Å². The summed E-state index contributed by atoms with van der Waals surface area (Å²) in [5.74, 6) is 0.873. The first-order valence-electron chi connectivity index (χ1n) is 7.95. The largest absolute Gasteiger partial charge is 0.353 e. The van der Waals surface area contributed by atoms with Gasteiger partial charge in [-0.05, 0) is 18.2 Å². The molecule has 0 radical (unpaired) electrons. The predicted molar refractivity (Wildman–Crippen MR) is 115 cm³/mol. The Bertz CT molecular complexity index is 880. The molecule has 0 atom stereocenters. The molecule has 3 heterocycles. The molecule has 2 aromatic heterocycles. The van der Waals surface area contributed by atoms with Crippen LogP contribution in [0.2, 0.25) is 5.02 Å². The minimum atomic E-state index is 0. The highest BCUT2D eigenvalue weighted by Gasteiger charge is 2.16. The van der Waals surface area contributed by atoms with Crippen molar-refractivity contribution in [2.75, 3.05) is 31.1 Å². The van der Waals surface area contributed by atoms with Crippen LogP contribution in [0.5, 0.6) is 0 Å². The number of nitrogens with two attached hydrogens (primary N) is 1. The third-order valence-electron chi connectivity index (χ3n) is 4.19. The van der Waals surface area contributed by atoms with Gasteiger partial charge in [0.05, 0.1) is 16.2 Å². The number of aromatic nitrogens is 2. The van der Waals surface area contributed by atoms with Crippen LogP contribution in [0, 0.1) is 0 Å². The first-order chi connectivity index (χ1) is 11.7. The zero-order valence-electron chi connectivity index (χ0n) is 13.9. The van der Waals surface area contributed by atoms with Gasteiger partial charge in [0.15, 0.2) is 0 Å². The van der Waals surface area contributed by atoms with Gasteiger partial charge in [-0.25, -0.2) is 9.97 Å². The van der Waals surface area contributed by atoms with Gasteiger partial charge in [0, 0.05) is 49.1 Å². The van der Waals surface area contributed by atoms with Crippen LogP contribution in [0.1, 0.15) is 5.01 Å². The van der Waals surface area contributed by atoms with Gasteiger partial charge in [0.25, 0.3) is 0 Å². The molecule has 26 heavy (non-hydrogen) atoms. The van der Waals surface area contributed by atoms with E-state index in [4.69, 9.17) is 22.3 Å². The highest BCUT2D eigenvalue weighted by atomic mass is 35.5. The Morgan fingerprint density at radius 3 is 2.62 bits per heavy atom. The van der Waals surface area contributed by atoms with Crippen molar-refractivity contribution in [3.8, 4) is 11.3 Å². The summed E-state index contributed by atoms with van der Waals surface area (Å²) in [5.41, 5.74) is 8.61. The zero-order chi connectivity index (χ0) is 16.5. The second-order valence-corrected chi connectivity index (χ2v) is 7.12. The van der Waals surface area contributed by atoms with Gasteiger partial charge in [0.1, 0.15) is 10.8 Å². The van der Waals surface area contributed by atoms with E-state index in [1.807, 2.05) is 17.5 Å². The minimum Gasteiger partial charge on any atom is -0.353 e. The molecule has 0 spiro atoms.